The van der Waals surface area contributed by atoms with Crippen molar-refractivity contribution in [2.45, 2.75) is 18.9 Å². The number of fused-ring (bicyclic) bond motifs is 1. The summed E-state index contributed by atoms with van der Waals surface area (Å²) in [7, 11) is 0. The highest BCUT2D eigenvalue weighted by Crippen LogP contribution is 2.37. The molecule has 3 heterocycles. The summed E-state index contributed by atoms with van der Waals surface area (Å²) in [5.74, 6) is -0.00793. The number of hydrogen-bond donors (Lipinski definition) is 1. The average Bonchev–Trinajstić information content (AvgIpc) is 3.46. The minimum atomic E-state index is -0.00793. The molecule has 1 fully saturated rings. The summed E-state index contributed by atoms with van der Waals surface area (Å²) in [4.78, 5) is 19.8. The van der Waals surface area contributed by atoms with Crippen molar-refractivity contribution in [2.75, 3.05) is 6.54 Å². The summed E-state index contributed by atoms with van der Waals surface area (Å²) in [6.45, 7) is 0.749. The fourth-order valence-electron chi connectivity index (χ4n) is 3.64. The molecule has 1 N–H and O–H groups in total. The molecular weight excluding hydrogens is 356 g/mol. The minimum Gasteiger partial charge on any atom is -0.328 e. The van der Waals surface area contributed by atoms with Gasteiger partial charge in [-0.1, -0.05) is 42.5 Å². The highest BCUT2D eigenvalue weighted by molar-refractivity contribution is 7.18. The highest BCUT2D eigenvalue weighted by atomic mass is 32.1. The Morgan fingerprint density at radius 3 is 2.78 bits per heavy atom. The van der Waals surface area contributed by atoms with Gasteiger partial charge in [-0.15, -0.1) is 11.3 Å². The number of amides is 1. The van der Waals surface area contributed by atoms with E-state index in [9.17, 15) is 4.79 Å². The van der Waals surface area contributed by atoms with E-state index in [0.717, 1.165) is 41.2 Å². The van der Waals surface area contributed by atoms with Crippen molar-refractivity contribution < 1.29 is 4.79 Å². The Morgan fingerprint density at radius 1 is 1.11 bits per heavy atom. The molecule has 1 aliphatic rings. The summed E-state index contributed by atoms with van der Waals surface area (Å²) in [5, 5.41) is 8.27. The number of carbonyl (C=O) groups excluding carboxylic acids is 1. The van der Waals surface area contributed by atoms with Gasteiger partial charge >= 0.3 is 0 Å². The van der Waals surface area contributed by atoms with Gasteiger partial charge in [0, 0.05) is 12.1 Å². The molecule has 0 bridgehead atoms. The van der Waals surface area contributed by atoms with E-state index in [1.807, 2.05) is 59.5 Å². The molecule has 1 aliphatic heterocycles. The Kier molecular flexibility index (Phi) is 3.98. The first-order valence-corrected chi connectivity index (χ1v) is 9.88. The van der Waals surface area contributed by atoms with Gasteiger partial charge < -0.3 is 4.90 Å². The molecule has 134 valence electrons. The lowest BCUT2D eigenvalue weighted by molar-refractivity contribution is 0.0729. The number of thiazole rings is 1. The number of likely N-dealkylation sites (tertiary alicyclic amines) is 1. The van der Waals surface area contributed by atoms with E-state index in [1.54, 1.807) is 11.3 Å². The second-order valence-electron chi connectivity index (χ2n) is 6.71. The van der Waals surface area contributed by atoms with Crippen LogP contribution in [-0.2, 0) is 0 Å². The summed E-state index contributed by atoms with van der Waals surface area (Å²) in [6, 6.07) is 19.9. The molecule has 5 nitrogen and oxygen atoms in total. The highest BCUT2D eigenvalue weighted by Gasteiger charge is 2.33. The van der Waals surface area contributed by atoms with Crippen LogP contribution in [-0.4, -0.2) is 32.5 Å². The predicted octanol–water partition coefficient (Wildman–Crippen LogP) is 4.66. The Hall–Kier alpha value is -2.99. The number of para-hydroxylation sites is 1. The van der Waals surface area contributed by atoms with Crippen LogP contribution in [0.2, 0.25) is 0 Å². The normalized spacial score (nSPS) is 16.9. The molecule has 1 atom stereocenters. The molecule has 0 unspecified atom stereocenters. The van der Waals surface area contributed by atoms with Gasteiger partial charge in [0.25, 0.3) is 5.91 Å². The molecule has 0 radical (unpaired) electrons. The topological polar surface area (TPSA) is 61.9 Å². The number of aromatic amines is 1. The van der Waals surface area contributed by atoms with E-state index in [2.05, 4.69) is 16.3 Å². The zero-order valence-corrected chi connectivity index (χ0v) is 15.4. The molecule has 0 aliphatic carbocycles. The number of nitrogens with one attached hydrogen (secondary N) is 1. The molecule has 0 saturated carbocycles. The van der Waals surface area contributed by atoms with Crippen molar-refractivity contribution in [1.82, 2.24) is 20.1 Å². The van der Waals surface area contributed by atoms with Crippen LogP contribution >= 0.6 is 11.3 Å². The fraction of sp³-hybridized carbons (Fsp3) is 0.190. The number of rotatable bonds is 3. The zero-order valence-electron chi connectivity index (χ0n) is 14.6. The third-order valence-corrected chi connectivity index (χ3v) is 6.12. The first-order chi connectivity index (χ1) is 13.3. The Labute approximate surface area is 160 Å². The van der Waals surface area contributed by atoms with Crippen molar-refractivity contribution in [1.29, 1.82) is 0 Å². The van der Waals surface area contributed by atoms with Gasteiger partial charge in [0.1, 0.15) is 10.7 Å². The molecule has 1 amide bonds. The first kappa shape index (κ1) is 16.2. The number of aromatic nitrogens is 3. The van der Waals surface area contributed by atoms with Crippen molar-refractivity contribution >= 4 is 27.5 Å². The van der Waals surface area contributed by atoms with Crippen LogP contribution < -0.4 is 0 Å². The lowest BCUT2D eigenvalue weighted by Crippen LogP contribution is -2.30. The van der Waals surface area contributed by atoms with Crippen LogP contribution in [0.15, 0.2) is 60.7 Å². The van der Waals surface area contributed by atoms with Gasteiger partial charge in [-0.05, 0) is 31.0 Å². The maximum atomic E-state index is 13.1. The van der Waals surface area contributed by atoms with E-state index < -0.39 is 0 Å². The number of hydrogen-bond acceptors (Lipinski definition) is 4. The van der Waals surface area contributed by atoms with Crippen LogP contribution in [0.3, 0.4) is 0 Å². The Balaban J connectivity index is 1.43. The largest absolute Gasteiger partial charge is 0.328 e. The lowest BCUT2D eigenvalue weighted by atomic mass is 10.1. The second-order valence-corrected chi connectivity index (χ2v) is 7.77. The molecule has 6 heteroatoms. The van der Waals surface area contributed by atoms with E-state index in [-0.39, 0.29) is 11.9 Å². The maximum absolute atomic E-state index is 13.1. The van der Waals surface area contributed by atoms with Crippen molar-refractivity contribution in [2.24, 2.45) is 0 Å². The van der Waals surface area contributed by atoms with Gasteiger partial charge in [0.15, 0.2) is 0 Å². The molecule has 5 rings (SSSR count). The van der Waals surface area contributed by atoms with Crippen LogP contribution in [0, 0.1) is 0 Å². The van der Waals surface area contributed by atoms with Crippen molar-refractivity contribution in [3.05, 3.63) is 71.4 Å². The number of benzene rings is 2. The maximum Gasteiger partial charge on any atom is 0.272 e. The Morgan fingerprint density at radius 2 is 1.93 bits per heavy atom. The number of carbonyl (C=O) groups is 1. The third kappa shape index (κ3) is 2.92. The van der Waals surface area contributed by atoms with Gasteiger partial charge in [-0.2, -0.15) is 5.10 Å². The first-order valence-electron chi connectivity index (χ1n) is 9.07. The molecule has 2 aromatic heterocycles. The number of H-pyrrole nitrogens is 1. The average molecular weight is 374 g/mol. The summed E-state index contributed by atoms with van der Waals surface area (Å²) in [6.07, 6.45) is 1.94. The van der Waals surface area contributed by atoms with E-state index in [1.165, 1.54) is 4.70 Å². The molecule has 1 saturated heterocycles. The predicted molar refractivity (Wildman–Crippen MR) is 107 cm³/mol. The second kappa shape index (κ2) is 6.63. The SMILES string of the molecule is O=C(c1cc(-c2ccccc2)n[nH]1)N1CCC[C@@H]1c1nc2ccccc2s1. The van der Waals surface area contributed by atoms with Gasteiger partial charge in [-0.3, -0.25) is 9.89 Å². The van der Waals surface area contributed by atoms with E-state index >= 15 is 0 Å². The van der Waals surface area contributed by atoms with E-state index in [4.69, 9.17) is 4.98 Å². The quantitative estimate of drug-likeness (QED) is 0.567. The third-order valence-electron chi connectivity index (χ3n) is 4.99. The van der Waals surface area contributed by atoms with Gasteiger partial charge in [0.2, 0.25) is 0 Å². The summed E-state index contributed by atoms with van der Waals surface area (Å²) < 4.78 is 1.17. The fourth-order valence-corrected chi connectivity index (χ4v) is 4.76. The van der Waals surface area contributed by atoms with E-state index in [0.29, 0.717) is 5.69 Å². The molecular formula is C21H18N4OS. The smallest absolute Gasteiger partial charge is 0.272 e. The molecule has 2 aromatic carbocycles. The molecule has 0 spiro atoms. The summed E-state index contributed by atoms with van der Waals surface area (Å²) >= 11 is 1.68. The summed E-state index contributed by atoms with van der Waals surface area (Å²) in [5.41, 5.74) is 3.32. The van der Waals surface area contributed by atoms with Crippen LogP contribution in [0.4, 0.5) is 0 Å². The van der Waals surface area contributed by atoms with Gasteiger partial charge in [-0.25, -0.2) is 4.98 Å². The monoisotopic (exact) mass is 374 g/mol. The lowest BCUT2D eigenvalue weighted by Gasteiger charge is -2.22. The van der Waals surface area contributed by atoms with Crippen LogP contribution in [0.25, 0.3) is 21.5 Å². The van der Waals surface area contributed by atoms with Crippen molar-refractivity contribution in [3.63, 3.8) is 0 Å². The van der Waals surface area contributed by atoms with Gasteiger partial charge in [0.05, 0.1) is 22.0 Å². The minimum absolute atomic E-state index is 0.00793. The zero-order chi connectivity index (χ0) is 18.2. The van der Waals surface area contributed by atoms with Crippen LogP contribution in [0.1, 0.15) is 34.4 Å². The Bertz CT molecular complexity index is 1070. The number of nitrogens with zero attached hydrogens (tertiary/aromatic N) is 3. The molecule has 27 heavy (non-hydrogen) atoms. The van der Waals surface area contributed by atoms with Crippen molar-refractivity contribution in [3.8, 4) is 11.3 Å². The van der Waals surface area contributed by atoms with Crippen LogP contribution in [0.5, 0.6) is 0 Å². The molecule has 4 aromatic rings. The standard InChI is InChI=1S/C21H18N4OS/c26-21(17-13-16(23-24-17)14-7-2-1-3-8-14)25-12-6-10-18(25)20-22-15-9-4-5-11-19(15)27-20/h1-5,7-9,11,13,18H,6,10,12H2,(H,23,24)/t18-/m1/s1.